The van der Waals surface area contributed by atoms with Crippen LogP contribution in [0.3, 0.4) is 0 Å². The molecule has 1 aliphatic rings. The summed E-state index contributed by atoms with van der Waals surface area (Å²) in [6.45, 7) is 5.35. The summed E-state index contributed by atoms with van der Waals surface area (Å²) in [5.74, 6) is 1.64. The van der Waals surface area contributed by atoms with E-state index in [1.165, 1.54) is 27.8 Å². The van der Waals surface area contributed by atoms with Gasteiger partial charge in [0.25, 0.3) is 0 Å². The molecular weight excluding hydrogens is 298 g/mol. The first-order valence-electron chi connectivity index (χ1n) is 8.66. The summed E-state index contributed by atoms with van der Waals surface area (Å²) < 4.78 is 10.9. The van der Waals surface area contributed by atoms with Gasteiger partial charge in [-0.05, 0) is 68.5 Å². The fourth-order valence-corrected chi connectivity index (χ4v) is 3.75. The standard InChI is InChI=1S/C21H27NO2/c1-14-9-15(2)11-16(10-14)5-6-19-18-13-21(24-4)20(23-3)12-17(18)7-8-22-19/h9-13,19,22H,5-8H2,1-4H3. The molecule has 0 bridgehead atoms. The van der Waals surface area contributed by atoms with Gasteiger partial charge in [0, 0.05) is 6.04 Å². The molecule has 3 nitrogen and oxygen atoms in total. The van der Waals surface area contributed by atoms with Crippen molar-refractivity contribution >= 4 is 0 Å². The summed E-state index contributed by atoms with van der Waals surface area (Å²) in [6.07, 6.45) is 3.20. The second kappa shape index (κ2) is 7.27. The molecule has 2 aromatic carbocycles. The third-order valence-corrected chi connectivity index (χ3v) is 4.81. The van der Waals surface area contributed by atoms with Crippen molar-refractivity contribution in [3.63, 3.8) is 0 Å². The molecule has 3 rings (SSSR count). The highest BCUT2D eigenvalue weighted by molar-refractivity contribution is 5.49. The van der Waals surface area contributed by atoms with Crippen LogP contribution >= 0.6 is 0 Å². The van der Waals surface area contributed by atoms with Crippen molar-refractivity contribution in [2.75, 3.05) is 20.8 Å². The Morgan fingerprint density at radius 3 is 2.29 bits per heavy atom. The molecule has 0 aromatic heterocycles. The lowest BCUT2D eigenvalue weighted by atomic mass is 9.89. The average molecular weight is 325 g/mol. The van der Waals surface area contributed by atoms with Crippen LogP contribution < -0.4 is 14.8 Å². The van der Waals surface area contributed by atoms with Gasteiger partial charge in [0.1, 0.15) is 0 Å². The highest BCUT2D eigenvalue weighted by Gasteiger charge is 2.22. The lowest BCUT2D eigenvalue weighted by molar-refractivity contribution is 0.351. The van der Waals surface area contributed by atoms with Gasteiger partial charge < -0.3 is 14.8 Å². The molecule has 0 radical (unpaired) electrons. The zero-order chi connectivity index (χ0) is 17.1. The van der Waals surface area contributed by atoms with Crippen LogP contribution in [0.2, 0.25) is 0 Å². The van der Waals surface area contributed by atoms with Gasteiger partial charge in [-0.3, -0.25) is 0 Å². The van der Waals surface area contributed by atoms with Crippen molar-refractivity contribution in [1.29, 1.82) is 0 Å². The van der Waals surface area contributed by atoms with Crippen molar-refractivity contribution in [2.24, 2.45) is 0 Å². The van der Waals surface area contributed by atoms with E-state index in [1.807, 2.05) is 0 Å². The van der Waals surface area contributed by atoms with Crippen LogP contribution in [0, 0.1) is 13.8 Å². The molecule has 1 unspecified atom stereocenters. The van der Waals surface area contributed by atoms with E-state index in [0.717, 1.165) is 37.3 Å². The van der Waals surface area contributed by atoms with E-state index in [9.17, 15) is 0 Å². The predicted octanol–water partition coefficient (Wildman–Crippen LogP) is 4.14. The van der Waals surface area contributed by atoms with Gasteiger partial charge in [-0.1, -0.05) is 29.3 Å². The van der Waals surface area contributed by atoms with E-state index in [2.05, 4.69) is 49.5 Å². The zero-order valence-electron chi connectivity index (χ0n) is 15.1. The van der Waals surface area contributed by atoms with E-state index >= 15 is 0 Å². The van der Waals surface area contributed by atoms with Crippen LogP contribution in [0.4, 0.5) is 0 Å². The first-order chi connectivity index (χ1) is 11.6. The van der Waals surface area contributed by atoms with Crippen molar-refractivity contribution in [3.05, 3.63) is 58.1 Å². The highest BCUT2D eigenvalue weighted by atomic mass is 16.5. The van der Waals surface area contributed by atoms with Crippen LogP contribution in [0.5, 0.6) is 11.5 Å². The summed E-state index contributed by atoms with van der Waals surface area (Å²) in [5, 5.41) is 3.67. The van der Waals surface area contributed by atoms with Crippen LogP contribution in [0.25, 0.3) is 0 Å². The van der Waals surface area contributed by atoms with Crippen molar-refractivity contribution in [3.8, 4) is 11.5 Å². The maximum absolute atomic E-state index is 5.49. The van der Waals surface area contributed by atoms with E-state index in [0.29, 0.717) is 6.04 Å². The van der Waals surface area contributed by atoms with Crippen LogP contribution in [-0.2, 0) is 12.8 Å². The van der Waals surface area contributed by atoms with Gasteiger partial charge in [-0.2, -0.15) is 0 Å². The zero-order valence-corrected chi connectivity index (χ0v) is 15.1. The molecule has 0 saturated heterocycles. The normalized spacial score (nSPS) is 16.6. The Morgan fingerprint density at radius 1 is 0.958 bits per heavy atom. The molecule has 0 spiro atoms. The smallest absolute Gasteiger partial charge is 0.161 e. The molecule has 1 aliphatic heterocycles. The fourth-order valence-electron chi connectivity index (χ4n) is 3.75. The number of ether oxygens (including phenoxy) is 2. The van der Waals surface area contributed by atoms with Crippen molar-refractivity contribution in [1.82, 2.24) is 5.32 Å². The topological polar surface area (TPSA) is 30.5 Å². The van der Waals surface area contributed by atoms with Gasteiger partial charge in [-0.25, -0.2) is 0 Å². The van der Waals surface area contributed by atoms with Crippen molar-refractivity contribution in [2.45, 2.75) is 39.2 Å². The quantitative estimate of drug-likeness (QED) is 0.896. The summed E-state index contributed by atoms with van der Waals surface area (Å²) >= 11 is 0. The van der Waals surface area contributed by atoms with Gasteiger partial charge in [0.15, 0.2) is 11.5 Å². The Labute approximate surface area is 145 Å². The molecule has 0 aliphatic carbocycles. The largest absolute Gasteiger partial charge is 0.493 e. The molecule has 1 atom stereocenters. The third kappa shape index (κ3) is 3.57. The molecule has 128 valence electrons. The molecule has 3 heteroatoms. The number of hydrogen-bond donors (Lipinski definition) is 1. The van der Waals surface area contributed by atoms with Crippen molar-refractivity contribution < 1.29 is 9.47 Å². The summed E-state index contributed by atoms with van der Waals surface area (Å²) in [6, 6.07) is 11.5. The molecule has 2 aromatic rings. The second-order valence-electron chi connectivity index (χ2n) is 6.70. The number of rotatable bonds is 5. The van der Waals surface area contributed by atoms with Crippen LogP contribution in [0.1, 0.15) is 40.3 Å². The minimum absolute atomic E-state index is 0.370. The number of fused-ring (bicyclic) bond motifs is 1. The highest BCUT2D eigenvalue weighted by Crippen LogP contribution is 2.36. The Morgan fingerprint density at radius 2 is 1.62 bits per heavy atom. The lowest BCUT2D eigenvalue weighted by Crippen LogP contribution is -2.30. The average Bonchev–Trinajstić information content (AvgIpc) is 2.57. The molecule has 0 saturated carbocycles. The van der Waals surface area contributed by atoms with Gasteiger partial charge in [0.05, 0.1) is 14.2 Å². The fraction of sp³-hybridized carbons (Fsp3) is 0.429. The molecule has 1 heterocycles. The number of methoxy groups -OCH3 is 2. The molecule has 0 fully saturated rings. The maximum atomic E-state index is 5.49. The number of benzene rings is 2. The maximum Gasteiger partial charge on any atom is 0.161 e. The minimum Gasteiger partial charge on any atom is -0.493 e. The Hall–Kier alpha value is -2.00. The van der Waals surface area contributed by atoms with E-state index in [1.54, 1.807) is 14.2 Å². The summed E-state index contributed by atoms with van der Waals surface area (Å²) in [5.41, 5.74) is 6.82. The first kappa shape index (κ1) is 16.8. The van der Waals surface area contributed by atoms with E-state index in [-0.39, 0.29) is 0 Å². The molecular formula is C21H27NO2. The lowest BCUT2D eigenvalue weighted by Gasteiger charge is -2.28. The van der Waals surface area contributed by atoms with E-state index < -0.39 is 0 Å². The molecule has 24 heavy (non-hydrogen) atoms. The second-order valence-corrected chi connectivity index (χ2v) is 6.70. The molecule has 0 amide bonds. The number of hydrogen-bond acceptors (Lipinski definition) is 3. The summed E-state index contributed by atoms with van der Waals surface area (Å²) in [7, 11) is 3.40. The number of aryl methyl sites for hydroxylation is 3. The van der Waals surface area contributed by atoms with Crippen LogP contribution in [0.15, 0.2) is 30.3 Å². The third-order valence-electron chi connectivity index (χ3n) is 4.81. The summed E-state index contributed by atoms with van der Waals surface area (Å²) in [4.78, 5) is 0. The van der Waals surface area contributed by atoms with Gasteiger partial charge in [-0.15, -0.1) is 0 Å². The molecule has 1 N–H and O–H groups in total. The first-order valence-corrected chi connectivity index (χ1v) is 8.66. The Bertz CT molecular complexity index is 704. The monoisotopic (exact) mass is 325 g/mol. The predicted molar refractivity (Wildman–Crippen MR) is 98.2 cm³/mol. The minimum atomic E-state index is 0.370. The Balaban J connectivity index is 1.81. The van der Waals surface area contributed by atoms with Gasteiger partial charge in [0.2, 0.25) is 0 Å². The number of nitrogens with one attached hydrogen (secondary N) is 1. The van der Waals surface area contributed by atoms with E-state index in [4.69, 9.17) is 9.47 Å². The SMILES string of the molecule is COc1cc2c(cc1OC)C(CCc1cc(C)cc(C)c1)NCC2. The van der Waals surface area contributed by atoms with Gasteiger partial charge >= 0.3 is 0 Å². The Kier molecular flexibility index (Phi) is 5.10. The van der Waals surface area contributed by atoms with Crippen LogP contribution in [-0.4, -0.2) is 20.8 Å².